The molecule has 5 fully saturated rings. The molecule has 82 heavy (non-hydrogen) atoms. The van der Waals surface area contributed by atoms with Gasteiger partial charge in [0.2, 0.25) is 0 Å². The molecule has 29 heteroatoms. The Balaban J connectivity index is 0.688. The average molecular weight is 1150 g/mol. The fraction of sp³-hybridized carbons (Fsp3) is 0.679. The number of rotatable bonds is 23. The standard InChI is InChI=1S/C53H82N16O13/c1-66-14-16-67(17-15-66)30-10-13-34-35(20-30)61-50(60-34)27-8-11-31(12-9-27)76-19-18-68-24-28(62-64-68)6-4-2-3-5-7-29-25-69(65-63-29)26-38-48(81-52-40(59)45(74)43(72)37(23-55)78-52)46(75)53(79-38)82-49-41(70)32(56)21-33(57)47(49)80-51-39(58)44(73)42(71)36(22-54)77-51/h8-13,20,24-25,32-33,36-49,51-53,70-75H,2-7,14-19,21-23,26,54-59H2,1H3,(H,60,61)/t32-,33?,36?,37+,38-,39?,40?,41?,42+,43-,44-,45?,46+,47+,48+,49-,51+,52-,53?/m1/s1. The van der Waals surface area contributed by atoms with Gasteiger partial charge in [0.15, 0.2) is 18.9 Å². The number of aliphatic hydroxyl groups is 6. The quantitative estimate of drug-likeness (QED) is 0.0275. The second-order valence-corrected chi connectivity index (χ2v) is 22.3. The van der Waals surface area contributed by atoms with Gasteiger partial charge in [-0.2, -0.15) is 0 Å². The third-order valence-corrected chi connectivity index (χ3v) is 16.4. The highest BCUT2D eigenvalue weighted by Gasteiger charge is 2.54. The molecule has 1 aliphatic carbocycles. The lowest BCUT2D eigenvalue weighted by Crippen LogP contribution is -2.68. The van der Waals surface area contributed by atoms with Gasteiger partial charge >= 0.3 is 0 Å². The van der Waals surface area contributed by atoms with Crippen LogP contribution in [-0.2, 0) is 54.4 Å². The van der Waals surface area contributed by atoms with E-state index in [2.05, 4.69) is 60.7 Å². The molecule has 29 nitrogen and oxygen atoms in total. The van der Waals surface area contributed by atoms with Crippen molar-refractivity contribution in [3.8, 4) is 17.1 Å². The van der Waals surface area contributed by atoms with E-state index in [4.69, 9.17) is 72.5 Å². The van der Waals surface area contributed by atoms with Gasteiger partial charge in [-0.1, -0.05) is 23.3 Å². The van der Waals surface area contributed by atoms with E-state index in [0.717, 1.165) is 97.8 Å². The van der Waals surface area contributed by atoms with Gasteiger partial charge in [-0.25, -0.2) is 14.3 Å². The number of imidazole rings is 1. The Morgan fingerprint density at radius 1 is 0.622 bits per heavy atom. The van der Waals surface area contributed by atoms with E-state index in [9.17, 15) is 30.6 Å². The van der Waals surface area contributed by atoms with Crippen LogP contribution in [0.25, 0.3) is 22.4 Å². The number of piperazine rings is 1. The van der Waals surface area contributed by atoms with Gasteiger partial charge in [-0.05, 0) is 81.6 Å². The average Bonchev–Trinajstić information content (AvgIpc) is 4.04. The smallest absolute Gasteiger partial charge is 0.187 e. The van der Waals surface area contributed by atoms with Crippen molar-refractivity contribution in [2.75, 3.05) is 57.8 Å². The maximum Gasteiger partial charge on any atom is 0.187 e. The largest absolute Gasteiger partial charge is 0.492 e. The Morgan fingerprint density at radius 2 is 1.21 bits per heavy atom. The number of unbranched alkanes of at least 4 members (excludes halogenated alkanes) is 3. The molecule has 5 aliphatic rings. The fourth-order valence-corrected chi connectivity index (χ4v) is 11.4. The number of hydrogen-bond donors (Lipinski definition) is 13. The predicted octanol–water partition coefficient (Wildman–Crippen LogP) is -4.28. The summed E-state index contributed by atoms with van der Waals surface area (Å²) >= 11 is 0. The van der Waals surface area contributed by atoms with Gasteiger partial charge < -0.3 is 113 Å². The minimum Gasteiger partial charge on any atom is -0.492 e. The molecule has 2 aromatic carbocycles. The third-order valence-electron chi connectivity index (χ3n) is 16.4. The first-order valence-electron chi connectivity index (χ1n) is 28.4. The van der Waals surface area contributed by atoms with Gasteiger partial charge in [0.05, 0.1) is 53.7 Å². The lowest BCUT2D eigenvalue weighted by atomic mass is 9.84. The highest BCUT2D eigenvalue weighted by molar-refractivity contribution is 5.83. The summed E-state index contributed by atoms with van der Waals surface area (Å²) in [4.78, 5) is 13.1. The molecule has 0 radical (unpaired) electrons. The number of ether oxygens (including phenoxy) is 7. The second-order valence-electron chi connectivity index (χ2n) is 22.3. The summed E-state index contributed by atoms with van der Waals surface area (Å²) in [6.45, 7) is 4.73. The second kappa shape index (κ2) is 26.9. The number of aromatic nitrogens is 8. The van der Waals surface area contributed by atoms with Crippen molar-refractivity contribution in [3.05, 3.63) is 66.2 Å². The van der Waals surface area contributed by atoms with E-state index in [1.807, 2.05) is 30.5 Å². The molecule has 7 unspecified atom stereocenters. The number of likely N-dealkylation sites (N-methyl/N-ethyl adjacent to an activating group) is 1. The lowest BCUT2D eigenvalue weighted by molar-refractivity contribution is -0.306. The minimum absolute atomic E-state index is 0.0252. The Hall–Kier alpha value is -4.97. The van der Waals surface area contributed by atoms with Crippen molar-refractivity contribution in [2.45, 2.75) is 174 Å². The molecular weight excluding hydrogens is 1070 g/mol. The molecule has 19 atom stereocenters. The van der Waals surface area contributed by atoms with Crippen LogP contribution in [0.5, 0.6) is 5.75 Å². The van der Waals surface area contributed by atoms with Gasteiger partial charge in [0, 0.05) is 75.0 Å². The number of hydrogen-bond acceptors (Lipinski definition) is 26. The molecule has 1 saturated carbocycles. The zero-order valence-electron chi connectivity index (χ0n) is 46.0. The van der Waals surface area contributed by atoms with Crippen molar-refractivity contribution >= 4 is 16.7 Å². The summed E-state index contributed by atoms with van der Waals surface area (Å²) in [5, 5.41) is 83.2. The number of aromatic amines is 1. The number of fused-ring (bicyclic) bond motifs is 1. The normalized spacial score (nSPS) is 34.7. The predicted molar refractivity (Wildman–Crippen MR) is 294 cm³/mol. The van der Waals surface area contributed by atoms with Crippen LogP contribution in [0.15, 0.2) is 54.9 Å². The molecule has 0 spiro atoms. The van der Waals surface area contributed by atoms with Crippen molar-refractivity contribution in [1.29, 1.82) is 0 Å². The molecular formula is C53H82N16O13. The molecule has 5 aromatic rings. The number of benzene rings is 2. The minimum atomic E-state index is -1.61. The zero-order valence-corrected chi connectivity index (χ0v) is 46.0. The van der Waals surface area contributed by atoms with Crippen molar-refractivity contribution < 1.29 is 63.8 Å². The molecule has 19 N–H and O–H groups in total. The SMILES string of the molecule is CN1CCN(c2ccc3nc(-c4ccc(OCCn5cc(CCCCCCc6cn(C[C@H]7OC(O[C@@H]8C(O)[C@H](N)CC(N)[C@@H]8O[C@@H]8OC(CN)[C@H](O)[C@H](O)C8N)[C@@H](O)[C@H]7O[C@H]7O[C@@H](CN)[C@@H](O)C(O)C7N)nn6)nn5)cc4)[nH]c3c2)CC1. The summed E-state index contributed by atoms with van der Waals surface area (Å²) in [6, 6.07) is 10.0. The van der Waals surface area contributed by atoms with Gasteiger partial charge in [0.25, 0.3) is 0 Å². The first-order valence-corrected chi connectivity index (χ1v) is 28.4. The van der Waals surface area contributed by atoms with Crippen molar-refractivity contribution in [2.24, 2.45) is 34.4 Å². The van der Waals surface area contributed by atoms with E-state index in [1.165, 1.54) is 10.4 Å². The van der Waals surface area contributed by atoms with Crippen molar-refractivity contribution in [1.82, 2.24) is 44.9 Å². The summed E-state index contributed by atoms with van der Waals surface area (Å²) in [5.74, 6) is 1.57. The summed E-state index contributed by atoms with van der Waals surface area (Å²) in [5.41, 5.74) is 42.7. The molecule has 3 aromatic heterocycles. The maximum atomic E-state index is 11.9. The number of nitrogens with zero attached hydrogens (tertiary/aromatic N) is 9. The Kier molecular flexibility index (Phi) is 19.8. The van der Waals surface area contributed by atoms with Crippen LogP contribution >= 0.6 is 0 Å². The summed E-state index contributed by atoms with van der Waals surface area (Å²) in [7, 11) is 2.16. The van der Waals surface area contributed by atoms with Crippen LogP contribution in [0, 0.1) is 0 Å². The van der Waals surface area contributed by atoms with Crippen LogP contribution in [0.2, 0.25) is 0 Å². The maximum absolute atomic E-state index is 11.9. The lowest BCUT2D eigenvalue weighted by Gasteiger charge is -2.47. The Bertz CT molecular complexity index is 2790. The molecule has 4 saturated heterocycles. The molecule has 452 valence electrons. The van der Waals surface area contributed by atoms with Gasteiger partial charge in [0.1, 0.15) is 85.3 Å². The number of H-pyrrole nitrogens is 1. The van der Waals surface area contributed by atoms with E-state index in [-0.39, 0.29) is 26.1 Å². The van der Waals surface area contributed by atoms with E-state index in [0.29, 0.717) is 19.6 Å². The van der Waals surface area contributed by atoms with Gasteiger partial charge in [-0.3, -0.25) is 0 Å². The number of nitrogens with two attached hydrogens (primary N) is 6. The number of anilines is 1. The Labute approximate surface area is 474 Å². The van der Waals surface area contributed by atoms with E-state index in [1.54, 1.807) is 10.9 Å². The number of nitrogens with one attached hydrogen (secondary N) is 1. The number of aliphatic hydroxyl groups excluding tert-OH is 6. The Morgan fingerprint density at radius 3 is 1.84 bits per heavy atom. The fourth-order valence-electron chi connectivity index (χ4n) is 11.4. The van der Waals surface area contributed by atoms with E-state index < -0.39 is 116 Å². The summed E-state index contributed by atoms with van der Waals surface area (Å²) in [6.07, 6.45) is -11.1. The molecule has 0 amide bonds. The molecule has 7 heterocycles. The summed E-state index contributed by atoms with van der Waals surface area (Å²) < 4.78 is 46.2. The number of aryl methyl sites for hydroxylation is 2. The van der Waals surface area contributed by atoms with Crippen molar-refractivity contribution in [3.63, 3.8) is 0 Å². The molecule has 0 bridgehead atoms. The van der Waals surface area contributed by atoms with Crippen LogP contribution in [-0.4, -0.2) is 245 Å². The topological polar surface area (TPSA) is 439 Å². The monoisotopic (exact) mass is 1150 g/mol. The highest BCUT2D eigenvalue weighted by Crippen LogP contribution is 2.35. The zero-order chi connectivity index (χ0) is 57.8. The van der Waals surface area contributed by atoms with Crippen LogP contribution < -0.4 is 44.0 Å². The first-order chi connectivity index (χ1) is 39.5. The van der Waals surface area contributed by atoms with Crippen LogP contribution in [0.4, 0.5) is 5.69 Å². The molecule has 10 rings (SSSR count). The van der Waals surface area contributed by atoms with Gasteiger partial charge in [-0.15, -0.1) is 10.2 Å². The van der Waals surface area contributed by atoms with Crippen LogP contribution in [0.3, 0.4) is 0 Å². The first kappa shape index (κ1) is 60.2. The van der Waals surface area contributed by atoms with E-state index >= 15 is 0 Å². The third kappa shape index (κ3) is 13.7. The molecule has 4 aliphatic heterocycles. The van der Waals surface area contributed by atoms with Crippen LogP contribution in [0.1, 0.15) is 43.5 Å². The highest BCUT2D eigenvalue weighted by atomic mass is 16.8.